The summed E-state index contributed by atoms with van der Waals surface area (Å²) in [6.45, 7) is 6.00. The molecule has 6 heteroatoms. The van der Waals surface area contributed by atoms with Crippen LogP contribution in [0.5, 0.6) is 5.75 Å². The fraction of sp³-hybridized carbons (Fsp3) is 0. The molecule has 14 heavy (non-hydrogen) atoms. The van der Waals surface area contributed by atoms with Crippen LogP contribution in [0.3, 0.4) is 0 Å². The van der Waals surface area contributed by atoms with Gasteiger partial charge in [-0.25, -0.2) is 17.6 Å². The Morgan fingerprint density at radius 2 is 1.21 bits per heavy atom. The maximum Gasteiger partial charge on any atom is 1.00 e. The van der Waals surface area contributed by atoms with Gasteiger partial charge in [-0.3, -0.25) is 0 Å². The first-order valence-corrected chi connectivity index (χ1v) is 3.04. The van der Waals surface area contributed by atoms with Crippen LogP contribution < -0.4 is 56.5 Å². The normalized spacial score (nSPS) is 8.29. The van der Waals surface area contributed by atoms with E-state index in [-0.39, 0.29) is 57.5 Å². The van der Waals surface area contributed by atoms with Crippen LogP contribution in [0.25, 0.3) is 0 Å². The van der Waals surface area contributed by atoms with Crippen LogP contribution in [0, 0.1) is 23.3 Å². The molecule has 0 atom stereocenters. The number of hydrogen-bond acceptors (Lipinski definition) is 1. The summed E-state index contributed by atoms with van der Waals surface area (Å²) in [7, 11) is 0. The molecule has 0 heterocycles. The van der Waals surface area contributed by atoms with Gasteiger partial charge in [0.2, 0.25) is 0 Å². The van der Waals surface area contributed by atoms with E-state index in [4.69, 9.17) is 0 Å². The molecule has 0 saturated carbocycles. The van der Waals surface area contributed by atoms with E-state index in [9.17, 15) is 22.7 Å². The molecule has 0 aliphatic heterocycles. The Kier molecular flexibility index (Phi) is 8.76. The van der Waals surface area contributed by atoms with Crippen molar-refractivity contribution in [3.05, 3.63) is 42.5 Å². The quantitative estimate of drug-likeness (QED) is 0.247. The van der Waals surface area contributed by atoms with Crippen LogP contribution in [0.1, 0.15) is 0 Å². The summed E-state index contributed by atoms with van der Waals surface area (Å²) in [4.78, 5) is 0. The minimum absolute atomic E-state index is 0. The molecule has 1 nitrogen and oxygen atoms in total. The van der Waals surface area contributed by atoms with Gasteiger partial charge in [-0.1, -0.05) is 0 Å². The van der Waals surface area contributed by atoms with E-state index < -0.39 is 29.0 Å². The fourth-order valence-electron chi connectivity index (χ4n) is 0.551. The van der Waals surface area contributed by atoms with Crippen molar-refractivity contribution < 1.29 is 74.1 Å². The zero-order chi connectivity index (χ0) is 10.6. The summed E-state index contributed by atoms with van der Waals surface area (Å²) in [5, 5.41) is 10.2. The Morgan fingerprint density at radius 1 is 0.929 bits per heavy atom. The SMILES string of the molecule is C=C.[K+].[O-]c1c(F)c(F)cc(F)c1F. The summed E-state index contributed by atoms with van der Waals surface area (Å²) >= 11 is 0. The average molecular weight is 232 g/mol. The van der Waals surface area contributed by atoms with Crippen molar-refractivity contribution in [2.75, 3.05) is 0 Å². The van der Waals surface area contributed by atoms with Gasteiger partial charge >= 0.3 is 51.4 Å². The van der Waals surface area contributed by atoms with E-state index >= 15 is 0 Å². The Morgan fingerprint density at radius 3 is 1.50 bits per heavy atom. The maximum atomic E-state index is 12.1. The van der Waals surface area contributed by atoms with Crippen LogP contribution in [0.4, 0.5) is 17.6 Å². The second-order valence-electron chi connectivity index (χ2n) is 1.80. The van der Waals surface area contributed by atoms with Crippen LogP contribution >= 0.6 is 0 Å². The molecule has 0 radical (unpaired) electrons. The smallest absolute Gasteiger partial charge is 0.868 e. The molecule has 0 fully saturated rings. The maximum absolute atomic E-state index is 12.1. The molecule has 0 spiro atoms. The van der Waals surface area contributed by atoms with Crippen molar-refractivity contribution in [3.8, 4) is 5.75 Å². The van der Waals surface area contributed by atoms with Crippen LogP contribution in [0.15, 0.2) is 19.2 Å². The van der Waals surface area contributed by atoms with Gasteiger partial charge in [-0.15, -0.1) is 13.2 Å². The van der Waals surface area contributed by atoms with Crippen LogP contribution in [-0.2, 0) is 0 Å². The number of rotatable bonds is 0. The topological polar surface area (TPSA) is 23.1 Å². The van der Waals surface area contributed by atoms with Crippen LogP contribution in [-0.4, -0.2) is 0 Å². The Bertz CT molecular complexity index is 290. The third-order valence-corrected chi connectivity index (χ3v) is 1.07. The second kappa shape index (κ2) is 7.41. The van der Waals surface area contributed by atoms with Crippen molar-refractivity contribution >= 4 is 0 Å². The van der Waals surface area contributed by atoms with Crippen molar-refractivity contribution in [1.82, 2.24) is 0 Å². The van der Waals surface area contributed by atoms with Crippen molar-refractivity contribution in [2.24, 2.45) is 0 Å². The summed E-state index contributed by atoms with van der Waals surface area (Å²) in [6.07, 6.45) is 0. The monoisotopic (exact) mass is 232 g/mol. The van der Waals surface area contributed by atoms with Gasteiger partial charge in [0.15, 0.2) is 23.3 Å². The molecular formula is C8H5F4KO. The summed E-state index contributed by atoms with van der Waals surface area (Å²) in [5.74, 6) is -9.06. The number of benzene rings is 1. The minimum atomic E-state index is -1.90. The molecule has 0 saturated heterocycles. The first-order chi connectivity index (χ1) is 6.04. The molecule has 72 valence electrons. The van der Waals surface area contributed by atoms with Gasteiger partial charge in [0, 0.05) is 6.07 Å². The van der Waals surface area contributed by atoms with Gasteiger partial charge in [0.25, 0.3) is 0 Å². The predicted molar refractivity (Wildman–Crippen MR) is 37.0 cm³/mol. The number of halogens is 4. The minimum Gasteiger partial charge on any atom is -0.868 e. The molecule has 1 aromatic carbocycles. The molecule has 0 aliphatic carbocycles. The Balaban J connectivity index is 0. The third kappa shape index (κ3) is 3.70. The second-order valence-corrected chi connectivity index (χ2v) is 1.80. The first-order valence-electron chi connectivity index (χ1n) is 3.04. The van der Waals surface area contributed by atoms with Crippen molar-refractivity contribution in [1.29, 1.82) is 0 Å². The van der Waals surface area contributed by atoms with E-state index in [2.05, 4.69) is 13.2 Å². The third-order valence-electron chi connectivity index (χ3n) is 1.07. The Hall–Kier alpha value is 0.116. The predicted octanol–water partition coefficient (Wildman–Crippen LogP) is -0.877. The fourth-order valence-corrected chi connectivity index (χ4v) is 0.551. The molecule has 0 unspecified atom stereocenters. The molecule has 0 aromatic heterocycles. The zero-order valence-corrected chi connectivity index (χ0v) is 10.5. The first kappa shape index (κ1) is 16.5. The molecule has 1 rings (SSSR count). The summed E-state index contributed by atoms with van der Waals surface area (Å²) in [6, 6.07) is -0.0218. The van der Waals surface area contributed by atoms with Gasteiger partial charge in [-0.2, -0.15) is 0 Å². The van der Waals surface area contributed by atoms with Gasteiger partial charge in [0.05, 0.1) is 0 Å². The van der Waals surface area contributed by atoms with E-state index in [1.165, 1.54) is 0 Å². The molecule has 0 amide bonds. The molecule has 0 bridgehead atoms. The van der Waals surface area contributed by atoms with E-state index in [1.54, 1.807) is 0 Å². The molecular weight excluding hydrogens is 227 g/mol. The van der Waals surface area contributed by atoms with Crippen molar-refractivity contribution in [3.63, 3.8) is 0 Å². The van der Waals surface area contributed by atoms with E-state index in [1.807, 2.05) is 0 Å². The van der Waals surface area contributed by atoms with E-state index in [0.29, 0.717) is 0 Å². The molecule has 0 aliphatic rings. The number of hydrogen-bond donors (Lipinski definition) is 0. The van der Waals surface area contributed by atoms with Crippen molar-refractivity contribution in [2.45, 2.75) is 0 Å². The largest absolute Gasteiger partial charge is 1.00 e. The van der Waals surface area contributed by atoms with Gasteiger partial charge in [0.1, 0.15) is 0 Å². The average Bonchev–Trinajstić information content (AvgIpc) is 2.15. The van der Waals surface area contributed by atoms with Gasteiger partial charge < -0.3 is 5.11 Å². The standard InChI is InChI=1S/C6H2F4O.C2H4.K/c7-2-1-3(8)5(10)6(11)4(2)9;1-2;/h1,11H;1-2H2;/q;;+1/p-1. The van der Waals surface area contributed by atoms with E-state index in [0.717, 1.165) is 0 Å². The summed E-state index contributed by atoms with van der Waals surface area (Å²) < 4.78 is 48.2. The zero-order valence-electron chi connectivity index (χ0n) is 7.41. The summed E-state index contributed by atoms with van der Waals surface area (Å²) in [5.41, 5.74) is 0. The molecule has 1 aromatic rings. The van der Waals surface area contributed by atoms with Crippen LogP contribution in [0.2, 0.25) is 0 Å². The molecule has 0 N–H and O–H groups in total. The Labute approximate surface area is 121 Å². The van der Waals surface area contributed by atoms with Gasteiger partial charge in [-0.05, 0) is 5.75 Å².